The van der Waals surface area contributed by atoms with E-state index < -0.39 is 6.04 Å². The fourth-order valence-electron chi connectivity index (χ4n) is 1.66. The zero-order valence-corrected chi connectivity index (χ0v) is 13.9. The Bertz CT molecular complexity index is 494. The standard InChI is InChI=1S/C15H22FN3O2S/c1-11(20)18-14(15(21)17-8-9-19(2)3)10-22-13-6-4-12(16)5-7-13/h4-7,14H,8-10H2,1-3H3,(H,17,21)(H,18,20). The highest BCUT2D eigenvalue weighted by atomic mass is 32.2. The minimum atomic E-state index is -0.616. The molecule has 0 aromatic heterocycles. The zero-order chi connectivity index (χ0) is 16.5. The Hall–Kier alpha value is -1.60. The predicted octanol–water partition coefficient (Wildman–Crippen LogP) is 1.10. The number of amides is 2. The number of hydrogen-bond donors (Lipinski definition) is 2. The number of carbonyl (C=O) groups excluding carboxylic acids is 2. The van der Waals surface area contributed by atoms with E-state index in [0.29, 0.717) is 12.3 Å². The molecule has 1 rings (SSSR count). The van der Waals surface area contributed by atoms with E-state index in [4.69, 9.17) is 0 Å². The van der Waals surface area contributed by atoms with Crippen molar-refractivity contribution in [2.75, 3.05) is 32.9 Å². The van der Waals surface area contributed by atoms with E-state index in [1.807, 2.05) is 19.0 Å². The largest absolute Gasteiger partial charge is 0.353 e. The van der Waals surface area contributed by atoms with Crippen LogP contribution >= 0.6 is 11.8 Å². The Morgan fingerprint density at radius 1 is 1.27 bits per heavy atom. The van der Waals surface area contributed by atoms with Crippen LogP contribution in [0.3, 0.4) is 0 Å². The van der Waals surface area contributed by atoms with Gasteiger partial charge in [0.2, 0.25) is 11.8 Å². The molecule has 0 aliphatic carbocycles. The van der Waals surface area contributed by atoms with Gasteiger partial charge in [0.1, 0.15) is 11.9 Å². The predicted molar refractivity (Wildman–Crippen MR) is 86.3 cm³/mol. The minimum absolute atomic E-state index is 0.216. The number of nitrogens with one attached hydrogen (secondary N) is 2. The number of rotatable bonds is 8. The topological polar surface area (TPSA) is 61.4 Å². The van der Waals surface area contributed by atoms with Gasteiger partial charge in [0.15, 0.2) is 0 Å². The van der Waals surface area contributed by atoms with E-state index in [2.05, 4.69) is 10.6 Å². The van der Waals surface area contributed by atoms with Gasteiger partial charge in [-0.25, -0.2) is 4.39 Å². The average Bonchev–Trinajstić information content (AvgIpc) is 2.44. The first-order valence-corrected chi connectivity index (χ1v) is 7.95. The van der Waals surface area contributed by atoms with Gasteiger partial charge in [0.05, 0.1) is 0 Å². The molecule has 5 nitrogen and oxygen atoms in total. The van der Waals surface area contributed by atoms with E-state index in [0.717, 1.165) is 11.4 Å². The molecule has 0 bridgehead atoms. The van der Waals surface area contributed by atoms with Gasteiger partial charge in [-0.05, 0) is 38.4 Å². The third-order valence-electron chi connectivity index (χ3n) is 2.78. The van der Waals surface area contributed by atoms with Crippen LogP contribution in [0.25, 0.3) is 0 Å². The molecule has 0 spiro atoms. The summed E-state index contributed by atoms with van der Waals surface area (Å²) in [5, 5.41) is 5.44. The van der Waals surface area contributed by atoms with E-state index in [1.54, 1.807) is 12.1 Å². The smallest absolute Gasteiger partial charge is 0.243 e. The maximum absolute atomic E-state index is 12.9. The van der Waals surface area contributed by atoms with Crippen molar-refractivity contribution in [2.24, 2.45) is 0 Å². The average molecular weight is 327 g/mol. The van der Waals surface area contributed by atoms with Crippen LogP contribution in [0.2, 0.25) is 0 Å². The van der Waals surface area contributed by atoms with E-state index >= 15 is 0 Å². The van der Waals surface area contributed by atoms with Gasteiger partial charge in [-0.2, -0.15) is 0 Å². The lowest BCUT2D eigenvalue weighted by atomic mass is 10.3. The summed E-state index contributed by atoms with van der Waals surface area (Å²) in [6.45, 7) is 2.62. The monoisotopic (exact) mass is 327 g/mol. The van der Waals surface area contributed by atoms with Crippen molar-refractivity contribution in [3.63, 3.8) is 0 Å². The molecule has 7 heteroatoms. The highest BCUT2D eigenvalue weighted by molar-refractivity contribution is 7.99. The number of hydrogen-bond acceptors (Lipinski definition) is 4. The zero-order valence-electron chi connectivity index (χ0n) is 13.1. The van der Waals surface area contributed by atoms with Crippen LogP contribution in [0.4, 0.5) is 4.39 Å². The molecule has 2 N–H and O–H groups in total. The SMILES string of the molecule is CC(=O)NC(CSc1ccc(F)cc1)C(=O)NCCN(C)C. The van der Waals surface area contributed by atoms with Gasteiger partial charge in [-0.1, -0.05) is 0 Å². The van der Waals surface area contributed by atoms with Gasteiger partial charge in [0.25, 0.3) is 0 Å². The maximum atomic E-state index is 12.9. The lowest BCUT2D eigenvalue weighted by Crippen LogP contribution is -2.48. The van der Waals surface area contributed by atoms with Gasteiger partial charge in [-0.15, -0.1) is 11.8 Å². The maximum Gasteiger partial charge on any atom is 0.243 e. The summed E-state index contributed by atoms with van der Waals surface area (Å²) in [7, 11) is 3.84. The molecule has 0 aliphatic heterocycles. The van der Waals surface area contributed by atoms with Crippen molar-refractivity contribution in [1.82, 2.24) is 15.5 Å². The number of halogens is 1. The molecule has 0 heterocycles. The summed E-state index contributed by atoms with van der Waals surface area (Å²) < 4.78 is 12.9. The molecule has 0 aliphatic rings. The Morgan fingerprint density at radius 2 is 1.91 bits per heavy atom. The van der Waals surface area contributed by atoms with Crippen molar-refractivity contribution in [3.05, 3.63) is 30.1 Å². The van der Waals surface area contributed by atoms with Crippen LogP contribution in [0, 0.1) is 5.82 Å². The summed E-state index contributed by atoms with van der Waals surface area (Å²) >= 11 is 1.39. The Morgan fingerprint density at radius 3 is 2.45 bits per heavy atom. The summed E-state index contributed by atoms with van der Waals surface area (Å²) in [4.78, 5) is 26.2. The molecule has 122 valence electrons. The van der Waals surface area contributed by atoms with Crippen molar-refractivity contribution in [3.8, 4) is 0 Å². The first-order valence-electron chi connectivity index (χ1n) is 6.96. The van der Waals surface area contributed by atoms with Crippen LogP contribution in [0.5, 0.6) is 0 Å². The van der Waals surface area contributed by atoms with Crippen LogP contribution in [-0.4, -0.2) is 55.7 Å². The van der Waals surface area contributed by atoms with Crippen LogP contribution in [0.15, 0.2) is 29.2 Å². The third kappa shape index (κ3) is 7.42. The van der Waals surface area contributed by atoms with Crippen LogP contribution < -0.4 is 10.6 Å². The highest BCUT2D eigenvalue weighted by Crippen LogP contribution is 2.19. The molecule has 0 fully saturated rings. The van der Waals surface area contributed by atoms with Crippen molar-refractivity contribution in [1.29, 1.82) is 0 Å². The molecular formula is C15H22FN3O2S. The van der Waals surface area contributed by atoms with Crippen molar-refractivity contribution >= 4 is 23.6 Å². The molecule has 0 saturated heterocycles. The number of carbonyl (C=O) groups is 2. The normalized spacial score (nSPS) is 12.0. The molecule has 1 unspecified atom stereocenters. The van der Waals surface area contributed by atoms with Crippen molar-refractivity contribution < 1.29 is 14.0 Å². The fourth-order valence-corrected chi connectivity index (χ4v) is 2.59. The second-order valence-electron chi connectivity index (χ2n) is 5.11. The quantitative estimate of drug-likeness (QED) is 0.702. The summed E-state index contributed by atoms with van der Waals surface area (Å²) in [5.41, 5.74) is 0. The summed E-state index contributed by atoms with van der Waals surface area (Å²) in [5.74, 6) is -0.387. The molecule has 1 aromatic rings. The van der Waals surface area contributed by atoms with E-state index in [9.17, 15) is 14.0 Å². The molecule has 0 radical (unpaired) electrons. The minimum Gasteiger partial charge on any atom is -0.353 e. The molecule has 22 heavy (non-hydrogen) atoms. The molecular weight excluding hydrogens is 305 g/mol. The molecule has 0 saturated carbocycles. The molecule has 1 aromatic carbocycles. The van der Waals surface area contributed by atoms with E-state index in [-0.39, 0.29) is 17.6 Å². The Kier molecular flexibility index (Phi) is 7.90. The molecule has 2 amide bonds. The number of nitrogens with zero attached hydrogens (tertiary/aromatic N) is 1. The van der Waals surface area contributed by atoms with Gasteiger partial charge < -0.3 is 15.5 Å². The number of thioether (sulfide) groups is 1. The third-order valence-corrected chi connectivity index (χ3v) is 3.89. The highest BCUT2D eigenvalue weighted by Gasteiger charge is 2.19. The fraction of sp³-hybridized carbons (Fsp3) is 0.467. The van der Waals surface area contributed by atoms with Crippen molar-refractivity contribution in [2.45, 2.75) is 17.9 Å². The Balaban J connectivity index is 2.53. The number of benzene rings is 1. The summed E-state index contributed by atoms with van der Waals surface area (Å²) in [6, 6.07) is 5.42. The first kappa shape index (κ1) is 18.4. The lowest BCUT2D eigenvalue weighted by molar-refractivity contribution is -0.127. The molecule has 1 atom stereocenters. The first-order chi connectivity index (χ1) is 10.4. The Labute approximate surface area is 134 Å². The second-order valence-corrected chi connectivity index (χ2v) is 6.21. The summed E-state index contributed by atoms with van der Waals surface area (Å²) in [6.07, 6.45) is 0. The van der Waals surface area contributed by atoms with Gasteiger partial charge >= 0.3 is 0 Å². The van der Waals surface area contributed by atoms with Crippen LogP contribution in [0.1, 0.15) is 6.92 Å². The van der Waals surface area contributed by atoms with Crippen LogP contribution in [-0.2, 0) is 9.59 Å². The van der Waals surface area contributed by atoms with E-state index in [1.165, 1.54) is 30.8 Å². The second kappa shape index (κ2) is 9.42. The number of likely N-dealkylation sites (N-methyl/N-ethyl adjacent to an activating group) is 1. The van der Waals surface area contributed by atoms with Gasteiger partial charge in [-0.3, -0.25) is 9.59 Å². The lowest BCUT2D eigenvalue weighted by Gasteiger charge is -2.18. The van der Waals surface area contributed by atoms with Gasteiger partial charge in [0, 0.05) is 30.7 Å².